The number of nitrogens with zero attached hydrogens (tertiary/aromatic N) is 2. The topological polar surface area (TPSA) is 83.3 Å². The summed E-state index contributed by atoms with van der Waals surface area (Å²) >= 11 is 1.31. The van der Waals surface area contributed by atoms with Crippen molar-refractivity contribution in [2.75, 3.05) is 36.8 Å². The Morgan fingerprint density at radius 1 is 1.55 bits per heavy atom. The average Bonchev–Trinajstić information content (AvgIpc) is 2.81. The number of nitrogen functional groups attached to an aromatic ring is 1. The summed E-state index contributed by atoms with van der Waals surface area (Å²) in [6, 6.07) is 0. The van der Waals surface area contributed by atoms with Gasteiger partial charge in [0, 0.05) is 26.2 Å². The minimum Gasteiger partial charge on any atom is -0.382 e. The molecule has 1 aliphatic rings. The number of rotatable bonds is 3. The van der Waals surface area contributed by atoms with Gasteiger partial charge in [0.15, 0.2) is 5.13 Å². The average molecular weight is 293 g/mol. The maximum absolute atomic E-state index is 12.2. The number of aromatic nitrogens is 1. The van der Waals surface area contributed by atoms with Gasteiger partial charge in [0.2, 0.25) is 0 Å². The van der Waals surface area contributed by atoms with E-state index in [1.165, 1.54) is 11.3 Å². The van der Waals surface area contributed by atoms with E-state index in [9.17, 15) is 4.79 Å². The van der Waals surface area contributed by atoms with Crippen LogP contribution in [0.15, 0.2) is 0 Å². The van der Waals surface area contributed by atoms with Crippen molar-refractivity contribution in [1.29, 1.82) is 0 Å². The quantitative estimate of drug-likeness (QED) is 0.697. The van der Waals surface area contributed by atoms with Crippen LogP contribution in [0, 0.1) is 12.3 Å². The molecule has 1 aromatic rings. The second-order valence-corrected chi connectivity index (χ2v) is 6.15. The molecule has 0 bridgehead atoms. The van der Waals surface area contributed by atoms with Crippen LogP contribution in [0.2, 0.25) is 0 Å². The van der Waals surface area contributed by atoms with E-state index in [4.69, 9.17) is 12.2 Å². The minimum absolute atomic E-state index is 0.258. The molecule has 0 aromatic carbocycles. The van der Waals surface area contributed by atoms with Crippen LogP contribution in [0.5, 0.6) is 0 Å². The highest BCUT2D eigenvalue weighted by atomic mass is 32.1. The van der Waals surface area contributed by atoms with Gasteiger partial charge in [0.05, 0.1) is 5.54 Å². The predicted molar refractivity (Wildman–Crippen MR) is 82.0 cm³/mol. The lowest BCUT2D eigenvalue weighted by Gasteiger charge is -2.26. The van der Waals surface area contributed by atoms with E-state index in [2.05, 4.69) is 26.4 Å². The van der Waals surface area contributed by atoms with Gasteiger partial charge < -0.3 is 21.3 Å². The molecule has 7 heteroatoms. The second-order valence-electron chi connectivity index (χ2n) is 5.17. The molecule has 0 radical (unpaired) electrons. The predicted octanol–water partition coefficient (Wildman–Crippen LogP) is 0.277. The SMILES string of the molecule is C#CC(C)(C)NC(=O)c1sc(N2CCNCC2)nc1N. The number of anilines is 2. The smallest absolute Gasteiger partial charge is 0.266 e. The number of hydrogen-bond acceptors (Lipinski definition) is 6. The Balaban J connectivity index is 2.15. The van der Waals surface area contributed by atoms with E-state index in [0.717, 1.165) is 31.3 Å². The highest BCUT2D eigenvalue weighted by molar-refractivity contribution is 7.18. The summed E-state index contributed by atoms with van der Waals surface area (Å²) in [4.78, 5) is 19.0. The van der Waals surface area contributed by atoms with Crippen molar-refractivity contribution in [2.24, 2.45) is 0 Å². The molecule has 1 aromatic heterocycles. The van der Waals surface area contributed by atoms with E-state index >= 15 is 0 Å². The van der Waals surface area contributed by atoms with Crippen molar-refractivity contribution in [2.45, 2.75) is 19.4 Å². The zero-order valence-corrected chi connectivity index (χ0v) is 12.5. The van der Waals surface area contributed by atoms with Crippen molar-refractivity contribution >= 4 is 28.2 Å². The van der Waals surface area contributed by atoms with Crippen LogP contribution in [0.1, 0.15) is 23.5 Å². The maximum atomic E-state index is 12.2. The number of carbonyl (C=O) groups is 1. The summed E-state index contributed by atoms with van der Waals surface area (Å²) in [5.74, 6) is 2.51. The first-order chi connectivity index (χ1) is 9.43. The molecule has 6 nitrogen and oxygen atoms in total. The number of terminal acetylenes is 1. The molecule has 0 atom stereocenters. The first-order valence-electron chi connectivity index (χ1n) is 6.45. The first-order valence-corrected chi connectivity index (χ1v) is 7.27. The van der Waals surface area contributed by atoms with Gasteiger partial charge in [0.1, 0.15) is 10.7 Å². The van der Waals surface area contributed by atoms with Crippen molar-refractivity contribution in [3.05, 3.63) is 4.88 Å². The lowest BCUT2D eigenvalue weighted by molar-refractivity contribution is 0.0934. The van der Waals surface area contributed by atoms with Crippen molar-refractivity contribution < 1.29 is 4.79 Å². The van der Waals surface area contributed by atoms with Gasteiger partial charge in [-0.15, -0.1) is 6.42 Å². The lowest BCUT2D eigenvalue weighted by Crippen LogP contribution is -2.43. The third-order valence-electron chi connectivity index (χ3n) is 3.02. The summed E-state index contributed by atoms with van der Waals surface area (Å²) in [7, 11) is 0. The molecule has 2 heterocycles. The molecule has 108 valence electrons. The fourth-order valence-electron chi connectivity index (χ4n) is 1.85. The van der Waals surface area contributed by atoms with E-state index in [1.807, 2.05) is 0 Å². The van der Waals surface area contributed by atoms with E-state index < -0.39 is 5.54 Å². The van der Waals surface area contributed by atoms with Crippen LogP contribution < -0.4 is 21.3 Å². The summed E-state index contributed by atoms with van der Waals surface area (Å²) in [6.45, 7) is 7.07. The Morgan fingerprint density at radius 2 is 2.20 bits per heavy atom. The van der Waals surface area contributed by atoms with Crippen LogP contribution in [-0.4, -0.2) is 42.6 Å². The Labute approximate surface area is 122 Å². The van der Waals surface area contributed by atoms with Gasteiger partial charge in [-0.3, -0.25) is 4.79 Å². The number of piperazine rings is 1. The van der Waals surface area contributed by atoms with E-state index in [1.54, 1.807) is 13.8 Å². The normalized spacial score (nSPS) is 15.8. The van der Waals surface area contributed by atoms with Gasteiger partial charge in [-0.2, -0.15) is 0 Å². The van der Waals surface area contributed by atoms with Gasteiger partial charge in [-0.05, 0) is 13.8 Å². The molecule has 2 rings (SSSR count). The molecule has 0 spiro atoms. The van der Waals surface area contributed by atoms with Crippen LogP contribution in [0.4, 0.5) is 10.9 Å². The number of carbonyl (C=O) groups excluding carboxylic acids is 1. The molecular weight excluding hydrogens is 274 g/mol. The van der Waals surface area contributed by atoms with Crippen molar-refractivity contribution in [1.82, 2.24) is 15.6 Å². The highest BCUT2D eigenvalue weighted by Gasteiger charge is 2.24. The third kappa shape index (κ3) is 3.21. The Morgan fingerprint density at radius 3 is 2.80 bits per heavy atom. The fourth-order valence-corrected chi connectivity index (χ4v) is 2.78. The Kier molecular flexibility index (Phi) is 4.16. The van der Waals surface area contributed by atoms with Gasteiger partial charge in [0.25, 0.3) is 5.91 Å². The molecule has 0 aliphatic carbocycles. The summed E-state index contributed by atoms with van der Waals surface area (Å²) in [5, 5.41) is 6.82. The summed E-state index contributed by atoms with van der Waals surface area (Å²) in [6.07, 6.45) is 5.37. The molecule has 20 heavy (non-hydrogen) atoms. The number of nitrogens with two attached hydrogens (primary N) is 1. The zero-order valence-electron chi connectivity index (χ0n) is 11.7. The van der Waals surface area contributed by atoms with E-state index in [-0.39, 0.29) is 11.7 Å². The van der Waals surface area contributed by atoms with Crippen LogP contribution in [0.3, 0.4) is 0 Å². The maximum Gasteiger partial charge on any atom is 0.266 e. The molecule has 1 fully saturated rings. The van der Waals surface area contributed by atoms with Gasteiger partial charge in [-0.1, -0.05) is 17.3 Å². The molecule has 4 N–H and O–H groups in total. The van der Waals surface area contributed by atoms with Crippen LogP contribution >= 0.6 is 11.3 Å². The zero-order chi connectivity index (χ0) is 14.8. The molecule has 0 saturated carbocycles. The van der Waals surface area contributed by atoms with Gasteiger partial charge >= 0.3 is 0 Å². The molecule has 1 saturated heterocycles. The monoisotopic (exact) mass is 293 g/mol. The van der Waals surface area contributed by atoms with Crippen LogP contribution in [0.25, 0.3) is 0 Å². The highest BCUT2D eigenvalue weighted by Crippen LogP contribution is 2.28. The summed E-state index contributed by atoms with van der Waals surface area (Å²) < 4.78 is 0. The van der Waals surface area contributed by atoms with Gasteiger partial charge in [-0.25, -0.2) is 4.98 Å². The second kappa shape index (κ2) is 5.69. The fraction of sp³-hybridized carbons (Fsp3) is 0.538. The molecular formula is C13H19N5OS. The van der Waals surface area contributed by atoms with Crippen molar-refractivity contribution in [3.8, 4) is 12.3 Å². The van der Waals surface area contributed by atoms with Crippen molar-refractivity contribution in [3.63, 3.8) is 0 Å². The molecule has 1 amide bonds. The number of thiazole rings is 1. The minimum atomic E-state index is -0.706. The standard InChI is InChI=1S/C13H19N5OS/c1-4-13(2,3)17-11(19)9-10(14)16-12(20-9)18-7-5-15-6-8-18/h1,15H,5-8,14H2,2-3H3,(H,17,19). The molecule has 1 aliphatic heterocycles. The summed E-state index contributed by atoms with van der Waals surface area (Å²) in [5.41, 5.74) is 5.15. The largest absolute Gasteiger partial charge is 0.382 e. The first kappa shape index (κ1) is 14.6. The Bertz CT molecular complexity index is 539. The number of nitrogens with one attached hydrogen (secondary N) is 2. The molecule has 0 unspecified atom stereocenters. The number of amides is 1. The third-order valence-corrected chi connectivity index (χ3v) is 4.15. The Hall–Kier alpha value is -1.78. The van der Waals surface area contributed by atoms with Crippen LogP contribution in [-0.2, 0) is 0 Å². The van der Waals surface area contributed by atoms with E-state index in [0.29, 0.717) is 4.88 Å². The lowest BCUT2D eigenvalue weighted by atomic mass is 10.1. The number of hydrogen-bond donors (Lipinski definition) is 3.